The first-order valence-corrected chi connectivity index (χ1v) is 35.1. The van der Waals surface area contributed by atoms with Crippen molar-refractivity contribution in [1.29, 1.82) is 0 Å². The maximum atomic E-state index is 4.77. The molecule has 16 nitrogen and oxygen atoms in total. The van der Waals surface area contributed by atoms with Gasteiger partial charge in [-0.3, -0.25) is 0 Å². The first-order chi connectivity index (χ1) is 47.2. The fourth-order valence-electron chi connectivity index (χ4n) is 11.6. The van der Waals surface area contributed by atoms with Gasteiger partial charge in [-0.1, -0.05) is 130 Å². The lowest BCUT2D eigenvalue weighted by Crippen LogP contribution is -2.20. The van der Waals surface area contributed by atoms with Gasteiger partial charge in [0.05, 0.1) is 56.8 Å². The Morgan fingerprint density at radius 1 is 0.293 bits per heavy atom. The summed E-state index contributed by atoms with van der Waals surface area (Å²) >= 11 is 0. The molecule has 0 saturated heterocycles. The van der Waals surface area contributed by atoms with Crippen LogP contribution in [0.3, 0.4) is 0 Å². The van der Waals surface area contributed by atoms with Crippen LogP contribution in [0.1, 0.15) is 203 Å². The van der Waals surface area contributed by atoms with Crippen molar-refractivity contribution in [3.05, 3.63) is 243 Å². The van der Waals surface area contributed by atoms with E-state index >= 15 is 0 Å². The van der Waals surface area contributed by atoms with Gasteiger partial charge in [0.1, 0.15) is 34.9 Å². The third-order valence-electron chi connectivity index (χ3n) is 16.5. The quantitative estimate of drug-likeness (QED) is 0.132. The summed E-state index contributed by atoms with van der Waals surface area (Å²) in [4.78, 5) is 34.8. The van der Waals surface area contributed by atoms with Crippen molar-refractivity contribution >= 4 is 44.1 Å². The highest BCUT2D eigenvalue weighted by molar-refractivity contribution is 5.81. The minimum absolute atomic E-state index is 0.0866. The summed E-state index contributed by atoms with van der Waals surface area (Å²) in [6.07, 6.45) is 19.0. The van der Waals surface area contributed by atoms with Crippen LogP contribution in [-0.2, 0) is 5.41 Å². The van der Waals surface area contributed by atoms with E-state index in [1.54, 1.807) is 6.20 Å². The molecule has 0 aliphatic carbocycles. The normalized spacial score (nSPS) is 11.3. The van der Waals surface area contributed by atoms with Crippen LogP contribution in [0.5, 0.6) is 0 Å². The molecule has 0 atom stereocenters. The third-order valence-corrected chi connectivity index (χ3v) is 16.5. The molecule has 522 valence electrons. The lowest BCUT2D eigenvalue weighted by atomic mass is 9.95. The number of para-hydroxylation sites is 8. The van der Waals surface area contributed by atoms with Crippen LogP contribution in [-0.4, -0.2) is 76.4 Å². The first-order valence-electron chi connectivity index (χ1n) is 35.1. The molecular weight excluding hydrogens is 1220 g/mol. The van der Waals surface area contributed by atoms with Gasteiger partial charge in [-0.15, -0.1) is 0 Å². The van der Waals surface area contributed by atoms with E-state index in [-0.39, 0.29) is 5.41 Å². The van der Waals surface area contributed by atoms with Crippen molar-refractivity contribution < 1.29 is 0 Å². The molecule has 0 radical (unpaired) electrons. The summed E-state index contributed by atoms with van der Waals surface area (Å²) in [5.41, 5.74) is 11.6. The molecule has 0 bridgehead atoms. The van der Waals surface area contributed by atoms with Crippen LogP contribution in [0.15, 0.2) is 220 Å². The van der Waals surface area contributed by atoms with Crippen LogP contribution in [0.25, 0.3) is 66.9 Å². The summed E-state index contributed by atoms with van der Waals surface area (Å²) in [6.45, 7) is 47.4. The van der Waals surface area contributed by atoms with Crippen LogP contribution in [0.2, 0.25) is 0 Å². The first kappa shape index (κ1) is 76.4. The van der Waals surface area contributed by atoms with E-state index in [2.05, 4.69) is 302 Å². The molecule has 8 heterocycles. The van der Waals surface area contributed by atoms with Gasteiger partial charge in [-0.05, 0) is 180 Å². The molecule has 0 saturated carbocycles. The number of fused-ring (bicyclic) bond motifs is 4. The Bertz CT molecular complexity index is 4560. The molecule has 14 aromatic rings. The summed E-state index contributed by atoms with van der Waals surface area (Å²) < 4.78 is 17.6. The molecule has 0 fully saturated rings. The Hall–Kier alpha value is -9.96. The fraction of sp³-hybridized carbons (Fsp3) is 0.373. The van der Waals surface area contributed by atoms with E-state index in [0.29, 0.717) is 48.3 Å². The maximum absolute atomic E-state index is 4.77. The van der Waals surface area contributed by atoms with Crippen molar-refractivity contribution in [2.24, 2.45) is 0 Å². The molecule has 8 aromatic heterocycles. The summed E-state index contributed by atoms with van der Waals surface area (Å²) in [6, 6.07) is 57.6. The van der Waals surface area contributed by atoms with Gasteiger partial charge in [0.15, 0.2) is 0 Å². The molecular formula is C83H110N16. The molecule has 14 rings (SSSR count). The smallest absolute Gasteiger partial charge is 0.141 e. The number of hydrogen-bond donors (Lipinski definition) is 0. The van der Waals surface area contributed by atoms with E-state index in [4.69, 9.17) is 9.97 Å². The van der Waals surface area contributed by atoms with Gasteiger partial charge < -0.3 is 36.5 Å². The molecule has 99 heavy (non-hydrogen) atoms. The van der Waals surface area contributed by atoms with Crippen molar-refractivity contribution in [1.82, 2.24) is 76.4 Å². The van der Waals surface area contributed by atoms with Crippen molar-refractivity contribution in [3.63, 3.8) is 0 Å². The van der Waals surface area contributed by atoms with Gasteiger partial charge >= 0.3 is 0 Å². The molecule has 16 heteroatoms. The number of aromatic nitrogens is 16. The number of benzene rings is 6. The molecule has 0 N–H and O–H groups in total. The topological polar surface area (TPSA) is 143 Å². The third kappa shape index (κ3) is 20.6. The van der Waals surface area contributed by atoms with Gasteiger partial charge in [-0.2, -0.15) is 0 Å². The number of rotatable bonds is 10. The minimum Gasteiger partial charge on any atom is -0.335 e. The average Bonchev–Trinajstić information content (AvgIpc) is 1.65. The minimum atomic E-state index is 0.0866. The molecule has 0 amide bonds. The highest BCUT2D eigenvalue weighted by Gasteiger charge is 2.24. The standard InChI is InChI=1S/C16H16N2.C14H20N2.C12H14N2.C11H14N2.C10H12N2.2C7H12N2.C6H10N2/c1-12(2)18-15-11-7-6-10-14(15)17-16(18)13-8-4-3-5-9-13;1-10(2)16-12-9-7-6-8-11(12)15-13(16)14(3,4)5;1-10(2)14-9-8-13-12(14)11-6-4-3-5-7-11;1-8(2)13-9(3)12-10-6-4-5-7-11(10)13;1-8(2)12-7-11-9-5-3-4-6-10(9)12;2*1-6(2)9-5-4-8-7(9)3;1-6(2)8-4-3-7-5-8/h3-12H,1-2H3;6-10H,1-5H3;3-10H,1-2H3;4-8H,1-3H3;3-8H,1-2H3;2*4-6H,1-3H3;3-6H,1-2H3. The van der Waals surface area contributed by atoms with Crippen LogP contribution in [0.4, 0.5) is 0 Å². The van der Waals surface area contributed by atoms with Gasteiger partial charge in [0.25, 0.3) is 0 Å². The summed E-state index contributed by atoms with van der Waals surface area (Å²) in [5.74, 6) is 6.53. The second kappa shape index (κ2) is 36.0. The van der Waals surface area contributed by atoms with E-state index in [9.17, 15) is 0 Å². The van der Waals surface area contributed by atoms with Crippen LogP contribution >= 0.6 is 0 Å². The van der Waals surface area contributed by atoms with Crippen LogP contribution in [0, 0.1) is 20.8 Å². The molecule has 6 aromatic carbocycles. The highest BCUT2D eigenvalue weighted by atomic mass is 15.1. The van der Waals surface area contributed by atoms with Crippen LogP contribution < -0.4 is 0 Å². The van der Waals surface area contributed by atoms with Gasteiger partial charge in [-0.25, -0.2) is 39.9 Å². The van der Waals surface area contributed by atoms with E-state index in [1.165, 1.54) is 39.0 Å². The SMILES string of the molecule is CC(C)n1c(-c2ccccc2)nc2ccccc21.CC(C)n1c(C(C)(C)C)nc2ccccc21.CC(C)n1ccnc1.CC(C)n1ccnc1-c1ccccc1.CC(C)n1cnc2ccccc21.Cc1nc2ccccc2n1C(C)C.Cc1nccn1C(C)C.Cc1nccn1C(C)C. The number of imidazole rings is 8. The zero-order valence-corrected chi connectivity index (χ0v) is 63.1. The lowest BCUT2D eigenvalue weighted by molar-refractivity contribution is 0.477. The number of hydrogen-bond acceptors (Lipinski definition) is 8. The molecule has 0 unspecified atom stereocenters. The fourth-order valence-corrected chi connectivity index (χ4v) is 11.6. The Morgan fingerprint density at radius 2 is 0.687 bits per heavy atom. The zero-order chi connectivity index (χ0) is 72.1. The zero-order valence-electron chi connectivity index (χ0n) is 63.1. The van der Waals surface area contributed by atoms with Gasteiger partial charge in [0.2, 0.25) is 0 Å². The Morgan fingerprint density at radius 3 is 1.09 bits per heavy atom. The monoisotopic (exact) mass is 1330 g/mol. The van der Waals surface area contributed by atoms with Crippen molar-refractivity contribution in [3.8, 4) is 22.8 Å². The molecule has 0 aliphatic heterocycles. The maximum Gasteiger partial charge on any atom is 0.141 e. The van der Waals surface area contributed by atoms with Crippen molar-refractivity contribution in [2.45, 2.75) is 206 Å². The lowest BCUT2D eigenvalue weighted by Gasteiger charge is -2.22. The molecule has 0 spiro atoms. The average molecular weight is 1330 g/mol. The Labute approximate surface area is 589 Å². The highest BCUT2D eigenvalue weighted by Crippen LogP contribution is 2.31. The second-order valence-corrected chi connectivity index (χ2v) is 27.9. The number of aryl methyl sites for hydroxylation is 3. The summed E-state index contributed by atoms with van der Waals surface area (Å²) in [5, 5.41) is 0. The Kier molecular flexibility index (Phi) is 27.8. The number of nitrogens with zero attached hydrogens (tertiary/aromatic N) is 16. The van der Waals surface area contributed by atoms with Gasteiger partial charge in [0, 0.05) is 114 Å². The predicted molar refractivity (Wildman–Crippen MR) is 415 cm³/mol. The largest absolute Gasteiger partial charge is 0.335 e. The molecule has 0 aliphatic rings. The predicted octanol–water partition coefficient (Wildman–Crippen LogP) is 21.9. The van der Waals surface area contributed by atoms with Crippen molar-refractivity contribution in [2.75, 3.05) is 0 Å². The second-order valence-electron chi connectivity index (χ2n) is 27.9. The summed E-state index contributed by atoms with van der Waals surface area (Å²) in [7, 11) is 0. The van der Waals surface area contributed by atoms with E-state index in [1.807, 2.05) is 131 Å². The van der Waals surface area contributed by atoms with E-state index < -0.39 is 0 Å². The van der Waals surface area contributed by atoms with E-state index in [0.717, 1.165) is 51.2 Å². The Balaban J connectivity index is 0.000000161.